The molecule has 30 heavy (non-hydrogen) atoms. The van der Waals surface area contributed by atoms with Crippen molar-refractivity contribution in [3.05, 3.63) is 58.1 Å². The highest BCUT2D eigenvalue weighted by Gasteiger charge is 2.22. The highest BCUT2D eigenvalue weighted by molar-refractivity contribution is 6.00. The lowest BCUT2D eigenvalue weighted by Crippen LogP contribution is -2.23. The summed E-state index contributed by atoms with van der Waals surface area (Å²) in [7, 11) is 0. The number of carbonyl (C=O) groups excluding carboxylic acids is 1. The highest BCUT2D eigenvalue weighted by Crippen LogP contribution is 2.27. The van der Waals surface area contributed by atoms with Crippen molar-refractivity contribution >= 4 is 17.5 Å². The van der Waals surface area contributed by atoms with Gasteiger partial charge in [-0.3, -0.25) is 15.1 Å². The molecule has 0 atom stereocenters. The summed E-state index contributed by atoms with van der Waals surface area (Å²) in [6.07, 6.45) is 0. The van der Waals surface area contributed by atoms with E-state index in [0.717, 1.165) is 5.69 Å². The summed E-state index contributed by atoms with van der Waals surface area (Å²) in [6, 6.07) is 9.85. The number of carbonyl (C=O) groups is 1. The number of aryl methyl sites for hydroxylation is 1. The summed E-state index contributed by atoms with van der Waals surface area (Å²) in [5, 5.41) is 10.1. The SMILES string of the molecule is CCOc1ccccc1NC(=O)Nc1cc(C(C)(C)C)nn1-c1nc(C)cc(=O)[nH]1. The van der Waals surface area contributed by atoms with Gasteiger partial charge in [-0.2, -0.15) is 9.78 Å². The van der Waals surface area contributed by atoms with Crippen molar-refractivity contribution < 1.29 is 9.53 Å². The summed E-state index contributed by atoms with van der Waals surface area (Å²) < 4.78 is 6.97. The van der Waals surface area contributed by atoms with Gasteiger partial charge in [-0.15, -0.1) is 0 Å². The monoisotopic (exact) mass is 410 g/mol. The van der Waals surface area contributed by atoms with E-state index in [-0.39, 0.29) is 16.9 Å². The van der Waals surface area contributed by atoms with Gasteiger partial charge < -0.3 is 10.1 Å². The largest absolute Gasteiger partial charge is 0.492 e. The van der Waals surface area contributed by atoms with Crippen molar-refractivity contribution in [2.75, 3.05) is 17.2 Å². The van der Waals surface area contributed by atoms with Gasteiger partial charge in [0.1, 0.15) is 11.6 Å². The molecule has 9 heteroatoms. The quantitative estimate of drug-likeness (QED) is 0.595. The molecule has 2 aromatic heterocycles. The van der Waals surface area contributed by atoms with Gasteiger partial charge in [0.05, 0.1) is 18.0 Å². The fourth-order valence-corrected chi connectivity index (χ4v) is 2.78. The first-order valence-electron chi connectivity index (χ1n) is 9.66. The highest BCUT2D eigenvalue weighted by atomic mass is 16.5. The molecule has 0 aliphatic heterocycles. The number of para-hydroxylation sites is 2. The van der Waals surface area contributed by atoms with Gasteiger partial charge in [0.25, 0.3) is 5.56 Å². The number of hydrogen-bond acceptors (Lipinski definition) is 5. The molecular formula is C21H26N6O3. The number of aromatic nitrogens is 4. The van der Waals surface area contributed by atoms with Crippen LogP contribution >= 0.6 is 0 Å². The third-order valence-corrected chi connectivity index (χ3v) is 4.21. The Labute approximate surface area is 174 Å². The molecule has 2 amide bonds. The van der Waals surface area contributed by atoms with Crippen LogP contribution < -0.4 is 20.9 Å². The molecule has 3 N–H and O–H groups in total. The number of rotatable bonds is 5. The number of hydrogen-bond donors (Lipinski definition) is 3. The normalized spacial score (nSPS) is 11.2. The van der Waals surface area contributed by atoms with Gasteiger partial charge in [0.15, 0.2) is 0 Å². The van der Waals surface area contributed by atoms with Crippen molar-refractivity contribution in [1.82, 2.24) is 19.7 Å². The minimum absolute atomic E-state index is 0.223. The van der Waals surface area contributed by atoms with Crippen LogP contribution in [0.4, 0.5) is 16.3 Å². The number of nitrogens with zero attached hydrogens (tertiary/aromatic N) is 3. The van der Waals surface area contributed by atoms with Crippen molar-refractivity contribution in [3.8, 4) is 11.7 Å². The van der Waals surface area contributed by atoms with Crippen LogP contribution in [0.5, 0.6) is 5.75 Å². The molecule has 2 heterocycles. The first kappa shape index (κ1) is 21.1. The number of ether oxygens (including phenoxy) is 1. The van der Waals surface area contributed by atoms with Crippen LogP contribution in [0, 0.1) is 6.92 Å². The zero-order valence-corrected chi connectivity index (χ0v) is 17.7. The van der Waals surface area contributed by atoms with E-state index in [1.165, 1.54) is 10.7 Å². The number of amides is 2. The van der Waals surface area contributed by atoms with Crippen LogP contribution in [0.1, 0.15) is 39.1 Å². The fraction of sp³-hybridized carbons (Fsp3) is 0.333. The van der Waals surface area contributed by atoms with E-state index in [4.69, 9.17) is 4.74 Å². The Morgan fingerprint density at radius 1 is 1.20 bits per heavy atom. The third-order valence-electron chi connectivity index (χ3n) is 4.21. The van der Waals surface area contributed by atoms with Crippen LogP contribution in [-0.2, 0) is 5.41 Å². The predicted molar refractivity (Wildman–Crippen MR) is 116 cm³/mol. The van der Waals surface area contributed by atoms with E-state index in [9.17, 15) is 9.59 Å². The number of nitrogens with one attached hydrogen (secondary N) is 3. The van der Waals surface area contributed by atoms with E-state index < -0.39 is 6.03 Å². The lowest BCUT2D eigenvalue weighted by molar-refractivity contribution is 0.261. The zero-order chi connectivity index (χ0) is 21.9. The van der Waals surface area contributed by atoms with Crippen LogP contribution in [0.3, 0.4) is 0 Å². The van der Waals surface area contributed by atoms with Crippen molar-refractivity contribution in [2.45, 2.75) is 40.0 Å². The molecule has 3 aromatic rings. The molecule has 0 aliphatic rings. The Morgan fingerprint density at radius 2 is 1.93 bits per heavy atom. The van der Waals surface area contributed by atoms with Crippen molar-refractivity contribution in [1.29, 1.82) is 0 Å². The third kappa shape index (κ3) is 4.86. The van der Waals surface area contributed by atoms with Gasteiger partial charge in [0.2, 0.25) is 5.95 Å². The maximum atomic E-state index is 12.7. The molecule has 0 saturated heterocycles. The molecule has 158 valence electrons. The molecule has 0 saturated carbocycles. The Hall–Kier alpha value is -3.62. The first-order valence-corrected chi connectivity index (χ1v) is 9.66. The van der Waals surface area contributed by atoms with Crippen molar-refractivity contribution in [3.63, 3.8) is 0 Å². The van der Waals surface area contributed by atoms with E-state index in [0.29, 0.717) is 29.6 Å². The maximum absolute atomic E-state index is 12.7. The number of aromatic amines is 1. The van der Waals surface area contributed by atoms with E-state index >= 15 is 0 Å². The Morgan fingerprint density at radius 3 is 2.60 bits per heavy atom. The second-order valence-corrected chi connectivity index (χ2v) is 7.80. The lowest BCUT2D eigenvalue weighted by Gasteiger charge is -2.13. The first-order chi connectivity index (χ1) is 14.2. The molecule has 0 unspecified atom stereocenters. The predicted octanol–water partition coefficient (Wildman–Crippen LogP) is 3.60. The maximum Gasteiger partial charge on any atom is 0.324 e. The van der Waals surface area contributed by atoms with E-state index in [1.54, 1.807) is 25.1 Å². The van der Waals surface area contributed by atoms with E-state index in [2.05, 4.69) is 25.7 Å². The molecule has 1 aromatic carbocycles. The van der Waals surface area contributed by atoms with Crippen LogP contribution in [0.2, 0.25) is 0 Å². The number of urea groups is 1. The molecule has 0 bridgehead atoms. The minimum Gasteiger partial charge on any atom is -0.492 e. The van der Waals surface area contributed by atoms with Gasteiger partial charge >= 0.3 is 6.03 Å². The van der Waals surface area contributed by atoms with Gasteiger partial charge in [-0.1, -0.05) is 32.9 Å². The number of benzene rings is 1. The van der Waals surface area contributed by atoms with Crippen LogP contribution in [0.15, 0.2) is 41.2 Å². The molecule has 0 aliphatic carbocycles. The topological polar surface area (TPSA) is 114 Å². The Balaban J connectivity index is 1.94. The van der Waals surface area contributed by atoms with Crippen molar-refractivity contribution in [2.24, 2.45) is 0 Å². The minimum atomic E-state index is -0.473. The smallest absolute Gasteiger partial charge is 0.324 e. The van der Waals surface area contributed by atoms with Gasteiger partial charge in [-0.05, 0) is 26.0 Å². The van der Waals surface area contributed by atoms with Gasteiger partial charge in [-0.25, -0.2) is 9.78 Å². The molecule has 3 rings (SSSR count). The Bertz CT molecular complexity index is 1110. The molecule has 9 nitrogen and oxygen atoms in total. The summed E-state index contributed by atoms with van der Waals surface area (Å²) >= 11 is 0. The number of anilines is 2. The summed E-state index contributed by atoms with van der Waals surface area (Å²) in [4.78, 5) is 31.6. The fourth-order valence-electron chi connectivity index (χ4n) is 2.78. The molecule has 0 spiro atoms. The zero-order valence-electron chi connectivity index (χ0n) is 17.7. The molecular weight excluding hydrogens is 384 g/mol. The second kappa shape index (κ2) is 8.40. The van der Waals surface area contributed by atoms with E-state index in [1.807, 2.05) is 39.8 Å². The molecule has 0 radical (unpaired) electrons. The Kier molecular flexibility index (Phi) is 5.91. The summed E-state index contributed by atoms with van der Waals surface area (Å²) in [5.74, 6) is 1.17. The summed E-state index contributed by atoms with van der Waals surface area (Å²) in [6.45, 7) is 10.1. The van der Waals surface area contributed by atoms with Crippen LogP contribution in [-0.4, -0.2) is 32.4 Å². The average molecular weight is 410 g/mol. The lowest BCUT2D eigenvalue weighted by atomic mass is 9.92. The molecule has 0 fully saturated rings. The standard InChI is InChI=1S/C21H26N6O3/c1-6-30-15-10-8-7-9-14(15)23-20(29)24-17-12-16(21(3,4)5)26-27(17)19-22-13(2)11-18(28)25-19/h7-12H,6H2,1-5H3,(H,22,25,28)(H2,23,24,29). The average Bonchev–Trinajstić information content (AvgIpc) is 3.07. The summed E-state index contributed by atoms with van der Waals surface area (Å²) in [5.41, 5.74) is 1.25. The van der Waals surface area contributed by atoms with Crippen LogP contribution in [0.25, 0.3) is 5.95 Å². The van der Waals surface area contributed by atoms with Gasteiger partial charge in [0, 0.05) is 23.2 Å². The number of H-pyrrole nitrogens is 1. The second-order valence-electron chi connectivity index (χ2n) is 7.80.